The molecule has 1 aliphatic rings. The molecule has 1 aromatic heterocycles. The average Bonchev–Trinajstić information content (AvgIpc) is 3.04. The van der Waals surface area contributed by atoms with Crippen molar-refractivity contribution in [3.63, 3.8) is 0 Å². The molecule has 0 aliphatic carbocycles. The number of nitrogens with zero attached hydrogens (tertiary/aromatic N) is 1. The van der Waals surface area contributed by atoms with Crippen LogP contribution in [-0.4, -0.2) is 35.4 Å². The summed E-state index contributed by atoms with van der Waals surface area (Å²) in [4.78, 5) is 18.2. The van der Waals surface area contributed by atoms with Gasteiger partial charge in [0, 0.05) is 23.1 Å². The first-order valence-corrected chi connectivity index (χ1v) is 10.2. The first-order valence-electron chi connectivity index (χ1n) is 10.2. The van der Waals surface area contributed by atoms with Gasteiger partial charge in [-0.15, -0.1) is 0 Å². The molecule has 2 aromatic carbocycles. The number of para-hydroxylation sites is 1. The fourth-order valence-electron chi connectivity index (χ4n) is 4.47. The third kappa shape index (κ3) is 3.97. The van der Waals surface area contributed by atoms with E-state index in [2.05, 4.69) is 65.4 Å². The molecule has 0 bridgehead atoms. The van der Waals surface area contributed by atoms with E-state index in [0.29, 0.717) is 19.0 Å². The number of rotatable bonds is 5. The highest BCUT2D eigenvalue weighted by atomic mass is 16.2. The molecule has 1 aliphatic heterocycles. The van der Waals surface area contributed by atoms with Crippen LogP contribution in [0.5, 0.6) is 0 Å². The number of fused-ring (bicyclic) bond motifs is 1. The zero-order valence-electron chi connectivity index (χ0n) is 16.8. The number of likely N-dealkylation sites (tertiary alicyclic amines) is 1. The Balaban J connectivity index is 1.31. The van der Waals surface area contributed by atoms with Gasteiger partial charge in [0.15, 0.2) is 0 Å². The molecule has 2 heterocycles. The highest BCUT2D eigenvalue weighted by Crippen LogP contribution is 2.35. The third-order valence-corrected chi connectivity index (χ3v) is 6.04. The Morgan fingerprint density at radius 1 is 1.07 bits per heavy atom. The molecule has 1 fully saturated rings. The van der Waals surface area contributed by atoms with Crippen molar-refractivity contribution < 1.29 is 4.79 Å². The van der Waals surface area contributed by atoms with Crippen molar-refractivity contribution >= 4 is 16.8 Å². The number of carbonyl (C=O) groups excluding carboxylic acids is 1. The lowest BCUT2D eigenvalue weighted by Crippen LogP contribution is -2.41. The van der Waals surface area contributed by atoms with Crippen molar-refractivity contribution in [3.8, 4) is 0 Å². The van der Waals surface area contributed by atoms with Gasteiger partial charge in [0.25, 0.3) is 0 Å². The number of carbonyl (C=O) groups is 1. The van der Waals surface area contributed by atoms with Crippen LogP contribution < -0.4 is 5.32 Å². The zero-order chi connectivity index (χ0) is 19.5. The fraction of sp³-hybridized carbons (Fsp3) is 0.375. The van der Waals surface area contributed by atoms with E-state index in [4.69, 9.17) is 0 Å². The first-order chi connectivity index (χ1) is 13.6. The summed E-state index contributed by atoms with van der Waals surface area (Å²) in [7, 11) is 0. The number of hydrogen-bond donors (Lipinski definition) is 2. The van der Waals surface area contributed by atoms with E-state index < -0.39 is 0 Å². The molecule has 0 spiro atoms. The monoisotopic (exact) mass is 375 g/mol. The van der Waals surface area contributed by atoms with Gasteiger partial charge in [0.2, 0.25) is 5.91 Å². The SMILES string of the molecule is Cc1ccccc1CNC(=O)CN1CCC(c2c(C)[nH]c3ccccc23)CC1. The lowest BCUT2D eigenvalue weighted by atomic mass is 9.87. The maximum absolute atomic E-state index is 12.4. The summed E-state index contributed by atoms with van der Waals surface area (Å²) >= 11 is 0. The predicted octanol–water partition coefficient (Wildman–Crippen LogP) is 4.28. The maximum atomic E-state index is 12.4. The lowest BCUT2D eigenvalue weighted by molar-refractivity contribution is -0.122. The normalized spacial score (nSPS) is 15.8. The van der Waals surface area contributed by atoms with Gasteiger partial charge in [0.05, 0.1) is 6.54 Å². The molecule has 1 saturated heterocycles. The highest BCUT2D eigenvalue weighted by Gasteiger charge is 2.25. The van der Waals surface area contributed by atoms with Gasteiger partial charge in [0.1, 0.15) is 0 Å². The van der Waals surface area contributed by atoms with Crippen molar-refractivity contribution in [2.45, 2.75) is 39.2 Å². The molecule has 2 N–H and O–H groups in total. The molecule has 1 amide bonds. The van der Waals surface area contributed by atoms with Crippen molar-refractivity contribution in [1.29, 1.82) is 0 Å². The summed E-state index contributed by atoms with van der Waals surface area (Å²) in [6.07, 6.45) is 2.21. The number of aryl methyl sites for hydroxylation is 2. The number of aromatic amines is 1. The summed E-state index contributed by atoms with van der Waals surface area (Å²) in [5, 5.41) is 4.43. The summed E-state index contributed by atoms with van der Waals surface area (Å²) in [5.74, 6) is 0.687. The van der Waals surface area contributed by atoms with E-state index in [9.17, 15) is 4.79 Å². The highest BCUT2D eigenvalue weighted by molar-refractivity contribution is 5.85. The number of aromatic nitrogens is 1. The van der Waals surface area contributed by atoms with Gasteiger partial charge in [-0.1, -0.05) is 42.5 Å². The molecule has 0 radical (unpaired) electrons. The average molecular weight is 376 g/mol. The Bertz CT molecular complexity index is 967. The smallest absolute Gasteiger partial charge is 0.234 e. The lowest BCUT2D eigenvalue weighted by Gasteiger charge is -2.31. The van der Waals surface area contributed by atoms with Crippen molar-refractivity contribution in [2.24, 2.45) is 0 Å². The van der Waals surface area contributed by atoms with E-state index in [0.717, 1.165) is 25.9 Å². The minimum Gasteiger partial charge on any atom is -0.358 e. The van der Waals surface area contributed by atoms with Crippen LogP contribution in [0.15, 0.2) is 48.5 Å². The summed E-state index contributed by atoms with van der Waals surface area (Å²) in [6, 6.07) is 16.8. The number of H-pyrrole nitrogens is 1. The van der Waals surface area contributed by atoms with Crippen molar-refractivity contribution in [3.05, 3.63) is 70.9 Å². The molecule has 0 atom stereocenters. The van der Waals surface area contributed by atoms with E-state index >= 15 is 0 Å². The molecule has 0 unspecified atom stereocenters. The topological polar surface area (TPSA) is 48.1 Å². The van der Waals surface area contributed by atoms with Crippen LogP contribution in [0.1, 0.15) is 41.1 Å². The van der Waals surface area contributed by atoms with E-state index in [-0.39, 0.29) is 5.91 Å². The second-order valence-electron chi connectivity index (χ2n) is 7.96. The predicted molar refractivity (Wildman–Crippen MR) is 114 cm³/mol. The summed E-state index contributed by atoms with van der Waals surface area (Å²) in [6.45, 7) is 7.31. The van der Waals surface area contributed by atoms with Crippen LogP contribution >= 0.6 is 0 Å². The Kier molecular flexibility index (Phi) is 5.49. The van der Waals surface area contributed by atoms with Gasteiger partial charge in [-0.2, -0.15) is 0 Å². The maximum Gasteiger partial charge on any atom is 0.234 e. The second kappa shape index (κ2) is 8.19. The number of nitrogens with one attached hydrogen (secondary N) is 2. The number of benzene rings is 2. The van der Waals surface area contributed by atoms with E-state index in [1.54, 1.807) is 0 Å². The molecular formula is C24H29N3O. The van der Waals surface area contributed by atoms with Crippen LogP contribution in [-0.2, 0) is 11.3 Å². The van der Waals surface area contributed by atoms with Crippen molar-refractivity contribution in [1.82, 2.24) is 15.2 Å². The quantitative estimate of drug-likeness (QED) is 0.699. The number of hydrogen-bond acceptors (Lipinski definition) is 2. The number of piperidine rings is 1. The van der Waals surface area contributed by atoms with Gasteiger partial charge >= 0.3 is 0 Å². The van der Waals surface area contributed by atoms with Gasteiger partial charge in [-0.25, -0.2) is 0 Å². The van der Waals surface area contributed by atoms with Crippen LogP contribution in [0.4, 0.5) is 0 Å². The Morgan fingerprint density at radius 3 is 2.57 bits per heavy atom. The first kappa shape index (κ1) is 18.8. The standard InChI is InChI=1S/C24H29N3O/c1-17-7-3-4-8-20(17)15-25-23(28)16-27-13-11-19(12-14-27)24-18(2)26-22-10-6-5-9-21(22)24/h3-10,19,26H,11-16H2,1-2H3,(H,25,28). The minimum atomic E-state index is 0.116. The fourth-order valence-corrected chi connectivity index (χ4v) is 4.47. The molecule has 3 aromatic rings. The second-order valence-corrected chi connectivity index (χ2v) is 7.96. The molecule has 0 saturated carbocycles. The number of amides is 1. The molecule has 4 heteroatoms. The molecule has 4 nitrogen and oxygen atoms in total. The van der Waals surface area contributed by atoms with E-state index in [1.165, 1.54) is 33.3 Å². The van der Waals surface area contributed by atoms with Crippen LogP contribution in [0.2, 0.25) is 0 Å². The van der Waals surface area contributed by atoms with Crippen LogP contribution in [0.3, 0.4) is 0 Å². The Morgan fingerprint density at radius 2 is 1.79 bits per heavy atom. The molecular weight excluding hydrogens is 346 g/mol. The molecule has 28 heavy (non-hydrogen) atoms. The van der Waals surface area contributed by atoms with Gasteiger partial charge < -0.3 is 10.3 Å². The molecule has 4 rings (SSSR count). The van der Waals surface area contributed by atoms with Crippen LogP contribution in [0.25, 0.3) is 10.9 Å². The Hall–Kier alpha value is -2.59. The third-order valence-electron chi connectivity index (χ3n) is 6.04. The van der Waals surface area contributed by atoms with Crippen molar-refractivity contribution in [2.75, 3.05) is 19.6 Å². The Labute approximate surface area is 166 Å². The van der Waals surface area contributed by atoms with Crippen LogP contribution in [0, 0.1) is 13.8 Å². The molecule has 146 valence electrons. The van der Waals surface area contributed by atoms with Gasteiger partial charge in [-0.3, -0.25) is 9.69 Å². The van der Waals surface area contributed by atoms with E-state index in [1.807, 2.05) is 12.1 Å². The summed E-state index contributed by atoms with van der Waals surface area (Å²) < 4.78 is 0. The zero-order valence-corrected chi connectivity index (χ0v) is 16.8. The largest absolute Gasteiger partial charge is 0.358 e. The van der Waals surface area contributed by atoms with Gasteiger partial charge in [-0.05, 0) is 68.5 Å². The summed E-state index contributed by atoms with van der Waals surface area (Å²) in [5.41, 5.74) is 6.39. The minimum absolute atomic E-state index is 0.116.